The van der Waals surface area contributed by atoms with Gasteiger partial charge in [-0.25, -0.2) is 0 Å². The third kappa shape index (κ3) is 3.71. The van der Waals surface area contributed by atoms with Crippen LogP contribution in [0.4, 0.5) is 0 Å². The second-order valence-electron chi connectivity index (χ2n) is 9.83. The number of likely N-dealkylation sites (tertiary alicyclic amines) is 1. The molecule has 4 heterocycles. The van der Waals surface area contributed by atoms with Crippen molar-refractivity contribution in [1.29, 1.82) is 0 Å². The molecule has 0 bridgehead atoms. The summed E-state index contributed by atoms with van der Waals surface area (Å²) in [6, 6.07) is -0.882. The Balaban J connectivity index is 1.78. The van der Waals surface area contributed by atoms with Gasteiger partial charge in [-0.1, -0.05) is 51.0 Å². The Morgan fingerprint density at radius 1 is 0.909 bits per heavy atom. The number of unbranched alkanes of at least 4 members (excludes halogenated alkanes) is 2. The molecule has 3 amide bonds. The summed E-state index contributed by atoms with van der Waals surface area (Å²) >= 11 is 0. The van der Waals surface area contributed by atoms with Crippen LogP contribution in [0.15, 0.2) is 24.3 Å². The zero-order valence-corrected chi connectivity index (χ0v) is 20.0. The standard InChI is InChI=1S/C25H37N3O5/c1-4-6-7-13-27-15-9-11-25-19(22(31)28(16-17-29)20(25)23(27)32)18-21(30)26(12-5-2)14-8-10-24(18,3)33-25/h8-11,18-20,29H,4-7,12-17H2,1-3H3/t18-,19-,20?,24+,25-/m0/s1. The first-order valence-corrected chi connectivity index (χ1v) is 12.4. The molecule has 0 radical (unpaired) electrons. The van der Waals surface area contributed by atoms with Crippen molar-refractivity contribution in [3.05, 3.63) is 24.3 Å². The molecular weight excluding hydrogens is 422 g/mol. The number of aliphatic hydroxyl groups is 1. The number of nitrogens with zero attached hydrogens (tertiary/aromatic N) is 3. The van der Waals surface area contributed by atoms with Crippen LogP contribution in [0.3, 0.4) is 0 Å². The smallest absolute Gasteiger partial charge is 0.249 e. The lowest BCUT2D eigenvalue weighted by Gasteiger charge is -2.37. The third-order valence-corrected chi connectivity index (χ3v) is 7.59. The maximum absolute atomic E-state index is 13.8. The number of β-amino-alcohol motifs (C(OH)–C–C–N with tert-alkyl or cyclic N) is 1. The van der Waals surface area contributed by atoms with Gasteiger partial charge in [-0.2, -0.15) is 0 Å². The fourth-order valence-electron chi connectivity index (χ4n) is 6.19. The summed E-state index contributed by atoms with van der Waals surface area (Å²) in [5.41, 5.74) is -2.21. The van der Waals surface area contributed by atoms with Gasteiger partial charge in [0.05, 0.1) is 24.0 Å². The second kappa shape index (κ2) is 9.22. The fourth-order valence-corrected chi connectivity index (χ4v) is 6.19. The van der Waals surface area contributed by atoms with Crippen molar-refractivity contribution < 1.29 is 24.2 Å². The lowest BCUT2D eigenvalue weighted by Crippen LogP contribution is -2.56. The largest absolute Gasteiger partial charge is 0.395 e. The molecule has 1 spiro atoms. The Bertz CT molecular complexity index is 857. The predicted molar refractivity (Wildman–Crippen MR) is 123 cm³/mol. The Kier molecular flexibility index (Phi) is 6.69. The van der Waals surface area contributed by atoms with Crippen molar-refractivity contribution in [1.82, 2.24) is 14.7 Å². The number of amides is 3. The van der Waals surface area contributed by atoms with Crippen LogP contribution in [0.5, 0.6) is 0 Å². The average Bonchev–Trinajstić information content (AvgIpc) is 3.04. The van der Waals surface area contributed by atoms with Crippen molar-refractivity contribution >= 4 is 17.7 Å². The predicted octanol–water partition coefficient (Wildman–Crippen LogP) is 1.35. The summed E-state index contributed by atoms with van der Waals surface area (Å²) in [5, 5.41) is 9.72. The fraction of sp³-hybridized carbons (Fsp3) is 0.720. The molecule has 4 aliphatic heterocycles. The number of hydrogen-bond donors (Lipinski definition) is 1. The number of aliphatic hydroxyl groups excluding tert-OH is 1. The summed E-state index contributed by atoms with van der Waals surface area (Å²) in [5.74, 6) is -2.07. The van der Waals surface area contributed by atoms with Gasteiger partial charge in [-0.05, 0) is 19.8 Å². The number of carbonyl (C=O) groups excluding carboxylic acids is 3. The van der Waals surface area contributed by atoms with Crippen molar-refractivity contribution in [2.75, 3.05) is 39.3 Å². The van der Waals surface area contributed by atoms with Crippen molar-refractivity contribution in [2.45, 2.75) is 63.7 Å². The monoisotopic (exact) mass is 459 g/mol. The first kappa shape index (κ1) is 24.0. The molecule has 182 valence electrons. The highest BCUT2D eigenvalue weighted by atomic mass is 16.5. The van der Waals surface area contributed by atoms with E-state index in [0.717, 1.165) is 25.7 Å². The summed E-state index contributed by atoms with van der Waals surface area (Å²) < 4.78 is 6.70. The highest BCUT2D eigenvalue weighted by molar-refractivity contribution is 6.00. The number of hydrogen-bond acceptors (Lipinski definition) is 5. The van der Waals surface area contributed by atoms with E-state index < -0.39 is 29.1 Å². The molecule has 0 saturated carbocycles. The SMILES string of the molecule is CCCCCN1CC=C[C@]23O[C@]4(C)C=CCN(CCC)C(=O)[C@@H]4[C@H]2C(=O)N(CCO)C3C1=O. The number of ether oxygens (including phenoxy) is 1. The van der Waals surface area contributed by atoms with Crippen molar-refractivity contribution in [2.24, 2.45) is 11.8 Å². The highest BCUT2D eigenvalue weighted by Crippen LogP contribution is 2.57. The molecule has 8 heteroatoms. The van der Waals surface area contributed by atoms with E-state index in [2.05, 4.69) is 6.92 Å². The van der Waals surface area contributed by atoms with Gasteiger partial charge in [-0.3, -0.25) is 14.4 Å². The van der Waals surface area contributed by atoms with Crippen LogP contribution in [0.25, 0.3) is 0 Å². The molecule has 1 unspecified atom stereocenters. The Morgan fingerprint density at radius 3 is 2.27 bits per heavy atom. The minimum Gasteiger partial charge on any atom is -0.395 e. The third-order valence-electron chi connectivity index (χ3n) is 7.59. The first-order chi connectivity index (χ1) is 15.8. The lowest BCUT2D eigenvalue weighted by molar-refractivity contribution is -0.153. The van der Waals surface area contributed by atoms with Crippen LogP contribution in [0.1, 0.15) is 46.5 Å². The van der Waals surface area contributed by atoms with Crippen LogP contribution in [0.2, 0.25) is 0 Å². The van der Waals surface area contributed by atoms with Crippen LogP contribution in [-0.4, -0.2) is 94.1 Å². The average molecular weight is 460 g/mol. The van der Waals surface area contributed by atoms with Gasteiger partial charge in [0.1, 0.15) is 11.6 Å². The molecular formula is C25H37N3O5. The second-order valence-corrected chi connectivity index (χ2v) is 9.83. The maximum atomic E-state index is 13.8. The molecule has 0 aromatic heterocycles. The van der Waals surface area contributed by atoms with Crippen LogP contribution in [-0.2, 0) is 19.1 Å². The van der Waals surface area contributed by atoms with E-state index in [4.69, 9.17) is 4.74 Å². The minimum atomic E-state index is -1.22. The van der Waals surface area contributed by atoms with E-state index in [9.17, 15) is 19.5 Å². The summed E-state index contributed by atoms with van der Waals surface area (Å²) in [6.07, 6.45) is 11.4. The maximum Gasteiger partial charge on any atom is 0.249 e. The summed E-state index contributed by atoms with van der Waals surface area (Å²) in [7, 11) is 0. The van der Waals surface area contributed by atoms with Gasteiger partial charge in [0.2, 0.25) is 17.7 Å². The molecule has 0 aromatic rings. The van der Waals surface area contributed by atoms with E-state index in [1.807, 2.05) is 38.2 Å². The number of rotatable bonds is 8. The van der Waals surface area contributed by atoms with E-state index in [1.165, 1.54) is 4.90 Å². The van der Waals surface area contributed by atoms with E-state index in [1.54, 1.807) is 9.80 Å². The molecule has 8 nitrogen and oxygen atoms in total. The molecule has 1 N–H and O–H groups in total. The molecule has 2 saturated heterocycles. The van der Waals surface area contributed by atoms with Gasteiger partial charge in [0.25, 0.3) is 0 Å². The number of carbonyl (C=O) groups is 3. The molecule has 5 atom stereocenters. The molecule has 2 fully saturated rings. The highest BCUT2D eigenvalue weighted by Gasteiger charge is 2.74. The molecule has 4 aliphatic rings. The normalized spacial score (nSPS) is 35.6. The summed E-state index contributed by atoms with van der Waals surface area (Å²) in [6.45, 7) is 7.93. The molecule has 4 rings (SSSR count). The van der Waals surface area contributed by atoms with E-state index in [-0.39, 0.29) is 30.9 Å². The van der Waals surface area contributed by atoms with Gasteiger partial charge in [0, 0.05) is 32.7 Å². The zero-order chi connectivity index (χ0) is 23.8. The lowest BCUT2D eigenvalue weighted by atomic mass is 9.74. The quantitative estimate of drug-likeness (QED) is 0.437. The topological polar surface area (TPSA) is 90.4 Å². The van der Waals surface area contributed by atoms with Crippen LogP contribution in [0, 0.1) is 11.8 Å². The van der Waals surface area contributed by atoms with Crippen LogP contribution < -0.4 is 0 Å². The van der Waals surface area contributed by atoms with E-state index in [0.29, 0.717) is 26.2 Å². The van der Waals surface area contributed by atoms with Gasteiger partial charge in [0.15, 0.2) is 0 Å². The van der Waals surface area contributed by atoms with E-state index >= 15 is 0 Å². The molecule has 0 aromatic carbocycles. The van der Waals surface area contributed by atoms with Gasteiger partial charge < -0.3 is 24.5 Å². The van der Waals surface area contributed by atoms with Crippen LogP contribution >= 0.6 is 0 Å². The summed E-state index contributed by atoms with van der Waals surface area (Å²) in [4.78, 5) is 46.4. The van der Waals surface area contributed by atoms with Crippen molar-refractivity contribution in [3.8, 4) is 0 Å². The van der Waals surface area contributed by atoms with Gasteiger partial charge in [-0.15, -0.1) is 0 Å². The van der Waals surface area contributed by atoms with Crippen molar-refractivity contribution in [3.63, 3.8) is 0 Å². The van der Waals surface area contributed by atoms with Gasteiger partial charge >= 0.3 is 0 Å². The zero-order valence-electron chi connectivity index (χ0n) is 20.0. The Labute approximate surface area is 196 Å². The number of fused-ring (bicyclic) bond motifs is 2. The molecule has 0 aliphatic carbocycles. The minimum absolute atomic E-state index is 0.0413. The Hall–Kier alpha value is -2.19. The first-order valence-electron chi connectivity index (χ1n) is 12.4. The Morgan fingerprint density at radius 2 is 1.61 bits per heavy atom. The molecule has 33 heavy (non-hydrogen) atoms.